The largest absolute Gasteiger partial charge is 0.369 e. The molecule has 3 heteroatoms. The van der Waals surface area contributed by atoms with Crippen molar-refractivity contribution in [3.05, 3.63) is 29.8 Å². The molecule has 20 heavy (non-hydrogen) atoms. The van der Waals surface area contributed by atoms with E-state index in [1.807, 2.05) is 13.8 Å². The van der Waals surface area contributed by atoms with Crippen LogP contribution in [0.5, 0.6) is 0 Å². The molecule has 0 aliphatic carbocycles. The fourth-order valence-corrected chi connectivity index (χ4v) is 3.27. The van der Waals surface area contributed by atoms with Crippen molar-refractivity contribution in [3.63, 3.8) is 0 Å². The third kappa shape index (κ3) is 3.33. The van der Waals surface area contributed by atoms with Crippen LogP contribution in [0.4, 0.5) is 5.69 Å². The molecule has 0 spiro atoms. The number of benzene rings is 1. The first-order valence-corrected chi connectivity index (χ1v) is 8.11. The molecular weight excluding hydrogens is 246 g/mol. The molecule has 1 unspecified atom stereocenters. The van der Waals surface area contributed by atoms with Gasteiger partial charge in [-0.15, -0.1) is 0 Å². The van der Waals surface area contributed by atoms with Crippen molar-refractivity contribution in [1.82, 2.24) is 10.2 Å². The summed E-state index contributed by atoms with van der Waals surface area (Å²) in [5.74, 6) is 0. The third-order valence-corrected chi connectivity index (χ3v) is 4.27. The number of piperazine rings is 1. The molecule has 0 bridgehead atoms. The van der Waals surface area contributed by atoms with Crippen molar-refractivity contribution in [1.29, 1.82) is 0 Å². The van der Waals surface area contributed by atoms with E-state index in [4.69, 9.17) is 0 Å². The summed E-state index contributed by atoms with van der Waals surface area (Å²) >= 11 is 0. The summed E-state index contributed by atoms with van der Waals surface area (Å²) < 4.78 is 0. The molecule has 3 rings (SSSR count). The Kier molecular flexibility index (Phi) is 5.86. The lowest BCUT2D eigenvalue weighted by Crippen LogP contribution is -2.44. The number of likely N-dealkylation sites (tertiary alicyclic amines) is 1. The summed E-state index contributed by atoms with van der Waals surface area (Å²) in [4.78, 5) is 5.04. The quantitative estimate of drug-likeness (QED) is 0.895. The second kappa shape index (κ2) is 7.65. The molecule has 0 saturated carbocycles. The van der Waals surface area contributed by atoms with Gasteiger partial charge in [-0.2, -0.15) is 0 Å². The Labute approximate surface area is 124 Å². The molecule has 1 aromatic carbocycles. The van der Waals surface area contributed by atoms with Gasteiger partial charge in [0.05, 0.1) is 0 Å². The zero-order valence-corrected chi connectivity index (χ0v) is 13.2. The monoisotopic (exact) mass is 275 g/mol. The molecular formula is C17H29N3. The van der Waals surface area contributed by atoms with Crippen LogP contribution < -0.4 is 10.2 Å². The zero-order valence-electron chi connectivity index (χ0n) is 13.2. The molecule has 0 amide bonds. The van der Waals surface area contributed by atoms with Crippen molar-refractivity contribution in [3.8, 4) is 0 Å². The van der Waals surface area contributed by atoms with Gasteiger partial charge >= 0.3 is 0 Å². The summed E-state index contributed by atoms with van der Waals surface area (Å²) in [6.45, 7) is 9.71. The van der Waals surface area contributed by atoms with Gasteiger partial charge in [-0.25, -0.2) is 0 Å². The van der Waals surface area contributed by atoms with E-state index < -0.39 is 0 Å². The lowest BCUT2D eigenvalue weighted by atomic mass is 10.0. The maximum atomic E-state index is 3.43. The van der Waals surface area contributed by atoms with Crippen LogP contribution in [0.15, 0.2) is 24.3 Å². The van der Waals surface area contributed by atoms with Crippen molar-refractivity contribution >= 4 is 5.69 Å². The zero-order chi connectivity index (χ0) is 14.4. The molecule has 1 N–H and O–H groups in total. The Bertz CT molecular complexity index is 399. The first kappa shape index (κ1) is 15.3. The first-order chi connectivity index (χ1) is 9.86. The maximum Gasteiger partial charge on any atom is 0.0415 e. The minimum absolute atomic E-state index is 0.621. The SMILES string of the molecule is CC.CN1CCCC1c1ccccc1N1CCNCC1. The summed E-state index contributed by atoms with van der Waals surface area (Å²) in [5.41, 5.74) is 2.98. The molecule has 3 nitrogen and oxygen atoms in total. The van der Waals surface area contributed by atoms with Crippen LogP contribution in [-0.4, -0.2) is 44.7 Å². The van der Waals surface area contributed by atoms with E-state index in [9.17, 15) is 0 Å². The molecule has 2 saturated heterocycles. The molecule has 0 radical (unpaired) electrons. The van der Waals surface area contributed by atoms with E-state index in [0.29, 0.717) is 6.04 Å². The molecule has 1 atom stereocenters. The lowest BCUT2D eigenvalue weighted by Gasteiger charge is -2.33. The van der Waals surface area contributed by atoms with E-state index in [2.05, 4.69) is 46.4 Å². The van der Waals surface area contributed by atoms with Crippen LogP contribution in [0.25, 0.3) is 0 Å². The molecule has 2 aliphatic rings. The number of anilines is 1. The highest BCUT2D eigenvalue weighted by Gasteiger charge is 2.26. The van der Waals surface area contributed by atoms with Crippen molar-refractivity contribution < 1.29 is 0 Å². The predicted octanol–water partition coefficient (Wildman–Crippen LogP) is 2.89. The van der Waals surface area contributed by atoms with Gasteiger partial charge in [0.15, 0.2) is 0 Å². The number of hydrogen-bond donors (Lipinski definition) is 1. The Morgan fingerprint density at radius 2 is 1.75 bits per heavy atom. The van der Waals surface area contributed by atoms with Gasteiger partial charge in [0.2, 0.25) is 0 Å². The highest BCUT2D eigenvalue weighted by atomic mass is 15.2. The van der Waals surface area contributed by atoms with Crippen LogP contribution in [-0.2, 0) is 0 Å². The molecule has 112 valence electrons. The number of nitrogens with one attached hydrogen (secondary N) is 1. The molecule has 0 aromatic heterocycles. The average molecular weight is 275 g/mol. The summed E-state index contributed by atoms with van der Waals surface area (Å²) in [6.07, 6.45) is 2.64. The summed E-state index contributed by atoms with van der Waals surface area (Å²) in [6, 6.07) is 9.61. The number of nitrogens with zero attached hydrogens (tertiary/aromatic N) is 2. The molecule has 2 heterocycles. The Hall–Kier alpha value is -1.06. The van der Waals surface area contributed by atoms with E-state index >= 15 is 0 Å². The highest BCUT2D eigenvalue weighted by Crippen LogP contribution is 2.36. The van der Waals surface area contributed by atoms with E-state index in [-0.39, 0.29) is 0 Å². The van der Waals surface area contributed by atoms with Crippen molar-refractivity contribution in [2.45, 2.75) is 32.7 Å². The standard InChI is InChI=1S/C15H23N3.C2H6/c1-17-10-4-7-14(17)13-5-2-3-6-15(13)18-11-8-16-9-12-18;1-2/h2-3,5-6,14,16H,4,7-12H2,1H3;1-2H3. The topological polar surface area (TPSA) is 18.5 Å². The minimum Gasteiger partial charge on any atom is -0.369 e. The van der Waals surface area contributed by atoms with Gasteiger partial charge in [0.25, 0.3) is 0 Å². The van der Waals surface area contributed by atoms with Crippen LogP contribution >= 0.6 is 0 Å². The van der Waals surface area contributed by atoms with Gasteiger partial charge in [-0.3, -0.25) is 4.90 Å². The Morgan fingerprint density at radius 1 is 1.05 bits per heavy atom. The minimum atomic E-state index is 0.621. The average Bonchev–Trinajstić information content (AvgIpc) is 2.96. The van der Waals surface area contributed by atoms with Crippen LogP contribution in [0, 0.1) is 0 Å². The Morgan fingerprint density at radius 3 is 2.40 bits per heavy atom. The van der Waals surface area contributed by atoms with Crippen LogP contribution in [0.3, 0.4) is 0 Å². The van der Waals surface area contributed by atoms with Gasteiger partial charge in [0.1, 0.15) is 0 Å². The molecule has 2 aliphatic heterocycles. The highest BCUT2D eigenvalue weighted by molar-refractivity contribution is 5.55. The number of hydrogen-bond acceptors (Lipinski definition) is 3. The van der Waals surface area contributed by atoms with Crippen molar-refractivity contribution in [2.75, 3.05) is 44.7 Å². The number of para-hydroxylation sites is 1. The Balaban J connectivity index is 0.000000704. The first-order valence-electron chi connectivity index (χ1n) is 8.11. The second-order valence-corrected chi connectivity index (χ2v) is 5.43. The fourth-order valence-electron chi connectivity index (χ4n) is 3.27. The molecule has 1 aromatic rings. The van der Waals surface area contributed by atoms with Crippen LogP contribution in [0.2, 0.25) is 0 Å². The third-order valence-electron chi connectivity index (χ3n) is 4.27. The number of rotatable bonds is 2. The van der Waals surface area contributed by atoms with Gasteiger partial charge in [0, 0.05) is 37.9 Å². The van der Waals surface area contributed by atoms with Gasteiger partial charge in [-0.05, 0) is 38.1 Å². The van der Waals surface area contributed by atoms with E-state index in [1.165, 1.54) is 30.6 Å². The van der Waals surface area contributed by atoms with Gasteiger partial charge < -0.3 is 10.2 Å². The lowest BCUT2D eigenvalue weighted by molar-refractivity contribution is 0.317. The maximum absolute atomic E-state index is 3.43. The summed E-state index contributed by atoms with van der Waals surface area (Å²) in [5, 5.41) is 3.43. The van der Waals surface area contributed by atoms with Gasteiger partial charge in [-0.1, -0.05) is 32.0 Å². The van der Waals surface area contributed by atoms with Crippen LogP contribution in [0.1, 0.15) is 38.3 Å². The smallest absolute Gasteiger partial charge is 0.0415 e. The van der Waals surface area contributed by atoms with Crippen molar-refractivity contribution in [2.24, 2.45) is 0 Å². The molecule has 2 fully saturated rings. The summed E-state index contributed by atoms with van der Waals surface area (Å²) in [7, 11) is 2.26. The van der Waals surface area contributed by atoms with E-state index in [1.54, 1.807) is 0 Å². The fraction of sp³-hybridized carbons (Fsp3) is 0.647. The normalized spacial score (nSPS) is 23.4. The predicted molar refractivity (Wildman–Crippen MR) is 87.5 cm³/mol. The van der Waals surface area contributed by atoms with E-state index in [0.717, 1.165) is 26.2 Å². The second-order valence-electron chi connectivity index (χ2n) is 5.43.